The summed E-state index contributed by atoms with van der Waals surface area (Å²) in [7, 11) is 1.32. The summed E-state index contributed by atoms with van der Waals surface area (Å²) in [6.07, 6.45) is 1.44. The Morgan fingerprint density at radius 1 is 1.03 bits per heavy atom. The molecule has 0 aliphatic carbocycles. The Bertz CT molecular complexity index is 1030. The van der Waals surface area contributed by atoms with E-state index in [2.05, 4.69) is 25.8 Å². The van der Waals surface area contributed by atoms with Crippen LogP contribution in [0, 0.1) is 0 Å². The smallest absolute Gasteiger partial charge is 0.340 e. The molecule has 0 bridgehead atoms. The lowest BCUT2D eigenvalue weighted by Gasteiger charge is -2.11. The van der Waals surface area contributed by atoms with Crippen LogP contribution in [-0.4, -0.2) is 40.8 Å². The number of hydrogen-bond donors (Lipinski definition) is 2. The van der Waals surface area contributed by atoms with Gasteiger partial charge in [0.15, 0.2) is 5.82 Å². The fraction of sp³-hybridized carbons (Fsp3) is 0.150. The van der Waals surface area contributed by atoms with Gasteiger partial charge in [-0.2, -0.15) is 10.1 Å². The van der Waals surface area contributed by atoms with Gasteiger partial charge < -0.3 is 20.1 Å². The molecule has 148 valence electrons. The molecule has 0 amide bonds. The minimum atomic E-state index is -0.447. The van der Waals surface area contributed by atoms with E-state index in [-0.39, 0.29) is 12.6 Å². The van der Waals surface area contributed by atoms with Crippen molar-refractivity contribution in [2.45, 2.75) is 6.92 Å². The number of para-hydroxylation sites is 1. The van der Waals surface area contributed by atoms with Crippen LogP contribution in [0.3, 0.4) is 0 Å². The van der Waals surface area contributed by atoms with Gasteiger partial charge in [-0.15, -0.1) is 5.10 Å². The molecule has 0 atom stereocenters. The minimum absolute atomic E-state index is 0.191. The summed E-state index contributed by atoms with van der Waals surface area (Å²) in [5, 5.41) is 13.9. The normalized spacial score (nSPS) is 10.1. The summed E-state index contributed by atoms with van der Waals surface area (Å²) in [6, 6.07) is 13.7. The highest BCUT2D eigenvalue weighted by Gasteiger charge is 2.13. The van der Waals surface area contributed by atoms with Crippen molar-refractivity contribution in [1.82, 2.24) is 15.2 Å². The number of aromatic nitrogens is 3. The van der Waals surface area contributed by atoms with Crippen LogP contribution in [0.1, 0.15) is 27.6 Å². The number of carbonyl (C=O) groups excluding carboxylic acids is 2. The van der Waals surface area contributed by atoms with Crippen molar-refractivity contribution in [3.8, 4) is 0 Å². The molecule has 29 heavy (non-hydrogen) atoms. The Kier molecular flexibility index (Phi) is 6.31. The summed E-state index contributed by atoms with van der Waals surface area (Å²) in [4.78, 5) is 28.1. The highest BCUT2D eigenvalue weighted by Crippen LogP contribution is 2.21. The van der Waals surface area contributed by atoms with E-state index in [1.807, 2.05) is 0 Å². The van der Waals surface area contributed by atoms with Crippen LogP contribution in [0.4, 0.5) is 23.1 Å². The van der Waals surface area contributed by atoms with E-state index in [0.29, 0.717) is 28.3 Å². The Hall–Kier alpha value is -4.01. The van der Waals surface area contributed by atoms with Crippen LogP contribution in [0.5, 0.6) is 0 Å². The molecular formula is C20H19N5O4. The van der Waals surface area contributed by atoms with E-state index >= 15 is 0 Å². The number of nitrogens with one attached hydrogen (secondary N) is 2. The predicted molar refractivity (Wildman–Crippen MR) is 107 cm³/mol. The van der Waals surface area contributed by atoms with Crippen molar-refractivity contribution in [3.05, 3.63) is 65.9 Å². The molecule has 3 rings (SSSR count). The van der Waals surface area contributed by atoms with Crippen LogP contribution in [0.15, 0.2) is 54.7 Å². The van der Waals surface area contributed by atoms with Crippen LogP contribution in [-0.2, 0) is 9.47 Å². The summed E-state index contributed by atoms with van der Waals surface area (Å²) in [5.41, 5.74) is 1.90. The lowest BCUT2D eigenvalue weighted by molar-refractivity contribution is 0.0526. The molecule has 9 heteroatoms. The first-order chi connectivity index (χ1) is 14.1. The monoisotopic (exact) mass is 393 g/mol. The molecule has 0 saturated heterocycles. The van der Waals surface area contributed by atoms with Gasteiger partial charge in [-0.1, -0.05) is 18.2 Å². The molecule has 0 spiro atoms. The molecule has 0 unspecified atom stereocenters. The van der Waals surface area contributed by atoms with Gasteiger partial charge in [0, 0.05) is 5.69 Å². The first-order valence-electron chi connectivity index (χ1n) is 8.79. The van der Waals surface area contributed by atoms with Gasteiger partial charge in [-0.05, 0) is 37.3 Å². The number of ether oxygens (including phenoxy) is 2. The van der Waals surface area contributed by atoms with Crippen molar-refractivity contribution in [1.29, 1.82) is 0 Å². The minimum Gasteiger partial charge on any atom is -0.465 e. The number of benzene rings is 2. The highest BCUT2D eigenvalue weighted by atomic mass is 16.5. The SMILES string of the molecule is CCOC(=O)c1ccccc1Nc1nncc(Nc2cccc(C(=O)OC)c2)n1. The standard InChI is InChI=1S/C20H19N5O4/c1-3-29-19(27)15-9-4-5-10-16(15)23-20-24-17(12-21-25-20)22-14-8-6-7-13(11-14)18(26)28-2/h4-12H,3H2,1-2H3,(H2,22,23,24,25). The first-order valence-corrected chi connectivity index (χ1v) is 8.79. The summed E-state index contributed by atoms with van der Waals surface area (Å²) >= 11 is 0. The van der Waals surface area contributed by atoms with E-state index in [0.717, 1.165) is 0 Å². The van der Waals surface area contributed by atoms with Crippen molar-refractivity contribution in [2.75, 3.05) is 24.4 Å². The molecule has 2 aromatic carbocycles. The number of hydrogen-bond acceptors (Lipinski definition) is 9. The summed E-state index contributed by atoms with van der Waals surface area (Å²) in [5.74, 6) is -0.293. The van der Waals surface area contributed by atoms with Gasteiger partial charge in [0.25, 0.3) is 0 Å². The van der Waals surface area contributed by atoms with Crippen LogP contribution in [0.25, 0.3) is 0 Å². The van der Waals surface area contributed by atoms with Crippen LogP contribution in [0.2, 0.25) is 0 Å². The summed E-state index contributed by atoms with van der Waals surface area (Å²) in [6.45, 7) is 2.01. The maximum atomic E-state index is 12.1. The Labute approximate surface area is 167 Å². The quantitative estimate of drug-likeness (QED) is 0.583. The van der Waals surface area contributed by atoms with Crippen molar-refractivity contribution in [3.63, 3.8) is 0 Å². The molecule has 9 nitrogen and oxygen atoms in total. The van der Waals surface area contributed by atoms with Gasteiger partial charge in [0.1, 0.15) is 0 Å². The first kappa shape index (κ1) is 19.7. The van der Waals surface area contributed by atoms with Gasteiger partial charge in [-0.25, -0.2) is 9.59 Å². The number of anilines is 4. The molecule has 0 fully saturated rings. The van der Waals surface area contributed by atoms with E-state index in [9.17, 15) is 9.59 Å². The number of esters is 2. The van der Waals surface area contributed by atoms with Crippen molar-refractivity contribution >= 4 is 35.1 Å². The fourth-order valence-electron chi connectivity index (χ4n) is 2.51. The average molecular weight is 393 g/mol. The topological polar surface area (TPSA) is 115 Å². The number of rotatable bonds is 7. The second-order valence-corrected chi connectivity index (χ2v) is 5.75. The zero-order valence-electron chi connectivity index (χ0n) is 15.9. The second-order valence-electron chi connectivity index (χ2n) is 5.75. The Morgan fingerprint density at radius 3 is 2.66 bits per heavy atom. The molecular weight excluding hydrogens is 374 g/mol. The van der Waals surface area contributed by atoms with Crippen molar-refractivity contribution < 1.29 is 19.1 Å². The maximum absolute atomic E-state index is 12.1. The number of methoxy groups -OCH3 is 1. The van der Waals surface area contributed by atoms with E-state index in [1.165, 1.54) is 13.3 Å². The average Bonchev–Trinajstić information content (AvgIpc) is 2.74. The number of nitrogens with zero attached hydrogens (tertiary/aromatic N) is 3. The molecule has 1 heterocycles. The molecule has 0 saturated carbocycles. The van der Waals surface area contributed by atoms with Gasteiger partial charge in [0.05, 0.1) is 36.7 Å². The third kappa shape index (κ3) is 5.04. The van der Waals surface area contributed by atoms with Crippen LogP contribution >= 0.6 is 0 Å². The zero-order chi connectivity index (χ0) is 20.6. The molecule has 0 radical (unpaired) electrons. The van der Waals surface area contributed by atoms with Gasteiger partial charge >= 0.3 is 11.9 Å². The van der Waals surface area contributed by atoms with Crippen LogP contribution < -0.4 is 10.6 Å². The third-order valence-corrected chi connectivity index (χ3v) is 3.78. The molecule has 3 aromatic rings. The third-order valence-electron chi connectivity index (χ3n) is 3.78. The molecule has 0 aliphatic rings. The van der Waals surface area contributed by atoms with E-state index < -0.39 is 11.9 Å². The number of carbonyl (C=O) groups is 2. The zero-order valence-corrected chi connectivity index (χ0v) is 15.9. The molecule has 0 aliphatic heterocycles. The maximum Gasteiger partial charge on any atom is 0.340 e. The lowest BCUT2D eigenvalue weighted by Crippen LogP contribution is -2.09. The molecule has 2 N–H and O–H groups in total. The lowest BCUT2D eigenvalue weighted by atomic mass is 10.2. The second kappa shape index (κ2) is 9.27. The van der Waals surface area contributed by atoms with E-state index in [4.69, 9.17) is 9.47 Å². The predicted octanol–water partition coefficient (Wildman–Crippen LogP) is 3.32. The van der Waals surface area contributed by atoms with Gasteiger partial charge in [-0.3, -0.25) is 0 Å². The Balaban J connectivity index is 1.79. The fourth-order valence-corrected chi connectivity index (χ4v) is 2.51. The van der Waals surface area contributed by atoms with Gasteiger partial charge in [0.2, 0.25) is 5.95 Å². The Morgan fingerprint density at radius 2 is 1.86 bits per heavy atom. The van der Waals surface area contributed by atoms with E-state index in [1.54, 1.807) is 55.5 Å². The van der Waals surface area contributed by atoms with Crippen molar-refractivity contribution in [2.24, 2.45) is 0 Å². The molecule has 1 aromatic heterocycles. The highest BCUT2D eigenvalue weighted by molar-refractivity contribution is 5.96. The largest absolute Gasteiger partial charge is 0.465 e. The summed E-state index contributed by atoms with van der Waals surface area (Å²) < 4.78 is 9.79.